The molecule has 0 bridgehead atoms. The summed E-state index contributed by atoms with van der Waals surface area (Å²) in [5.41, 5.74) is 2.59. The molecule has 3 aromatic carbocycles. The molecule has 0 aromatic heterocycles. The number of nitrogens with one attached hydrogen (secondary N) is 1. The van der Waals surface area contributed by atoms with Crippen LogP contribution in [-0.2, 0) is 9.59 Å². The highest BCUT2D eigenvalue weighted by Gasteiger charge is 2.35. The smallest absolute Gasteiger partial charge is 0.229 e. The minimum atomic E-state index is -0.405. The van der Waals surface area contributed by atoms with Crippen LogP contribution in [0.3, 0.4) is 0 Å². The molecule has 0 spiro atoms. The molecule has 0 radical (unpaired) electrons. The van der Waals surface area contributed by atoms with E-state index >= 15 is 0 Å². The SMILES string of the molecule is COc1ccc(N2C[C@@H](C(=O)Nc3ccc(Oc4ccc(C)cc4)cc3)CC2=O)cc1. The normalized spacial score (nSPS) is 15.6. The lowest BCUT2D eigenvalue weighted by Crippen LogP contribution is -2.28. The lowest BCUT2D eigenvalue weighted by atomic mass is 10.1. The molecule has 4 rings (SSSR count). The average molecular weight is 416 g/mol. The van der Waals surface area contributed by atoms with E-state index in [2.05, 4.69) is 5.32 Å². The Hall–Kier alpha value is -3.80. The van der Waals surface area contributed by atoms with Crippen LogP contribution < -0.4 is 19.7 Å². The average Bonchev–Trinajstić information content (AvgIpc) is 3.18. The zero-order valence-corrected chi connectivity index (χ0v) is 17.5. The summed E-state index contributed by atoms with van der Waals surface area (Å²) < 4.78 is 11.0. The van der Waals surface area contributed by atoms with Crippen LogP contribution in [0.15, 0.2) is 72.8 Å². The fourth-order valence-electron chi connectivity index (χ4n) is 3.49. The van der Waals surface area contributed by atoms with Crippen molar-refractivity contribution in [2.45, 2.75) is 13.3 Å². The number of hydrogen-bond acceptors (Lipinski definition) is 4. The summed E-state index contributed by atoms with van der Waals surface area (Å²) in [7, 11) is 1.59. The van der Waals surface area contributed by atoms with Gasteiger partial charge in [-0.2, -0.15) is 0 Å². The highest BCUT2D eigenvalue weighted by atomic mass is 16.5. The summed E-state index contributed by atoms with van der Waals surface area (Å²) in [6, 6.07) is 22.2. The lowest BCUT2D eigenvalue weighted by molar-refractivity contribution is -0.122. The maximum Gasteiger partial charge on any atom is 0.229 e. The number of aryl methyl sites for hydroxylation is 1. The van der Waals surface area contributed by atoms with Crippen molar-refractivity contribution in [3.8, 4) is 17.2 Å². The molecule has 0 saturated carbocycles. The van der Waals surface area contributed by atoms with E-state index in [1.165, 1.54) is 5.56 Å². The van der Waals surface area contributed by atoms with E-state index in [1.54, 1.807) is 48.4 Å². The second kappa shape index (κ2) is 8.92. The molecule has 1 heterocycles. The predicted octanol–water partition coefficient (Wildman–Crippen LogP) is 4.79. The Labute approximate surface area is 181 Å². The van der Waals surface area contributed by atoms with Crippen LogP contribution in [0, 0.1) is 12.8 Å². The summed E-state index contributed by atoms with van der Waals surface area (Å²) in [5, 5.41) is 2.90. The number of rotatable bonds is 6. The first-order chi connectivity index (χ1) is 15.0. The standard InChI is InChI=1S/C25H24N2O4/c1-17-3-9-22(10-4-17)31-23-11-5-19(6-12-23)26-25(29)18-15-24(28)27(16-18)20-7-13-21(30-2)14-8-20/h3-14,18H,15-16H2,1-2H3,(H,26,29)/t18-/m0/s1. The summed E-state index contributed by atoms with van der Waals surface area (Å²) >= 11 is 0. The van der Waals surface area contributed by atoms with Gasteiger partial charge in [0, 0.05) is 24.3 Å². The predicted molar refractivity (Wildman–Crippen MR) is 120 cm³/mol. The first-order valence-corrected chi connectivity index (χ1v) is 10.1. The van der Waals surface area contributed by atoms with Gasteiger partial charge in [-0.3, -0.25) is 9.59 Å². The zero-order valence-electron chi connectivity index (χ0n) is 17.5. The number of benzene rings is 3. The molecular formula is C25H24N2O4. The van der Waals surface area contributed by atoms with Crippen LogP contribution in [0.2, 0.25) is 0 Å². The zero-order chi connectivity index (χ0) is 21.8. The van der Waals surface area contributed by atoms with E-state index in [9.17, 15) is 9.59 Å². The van der Waals surface area contributed by atoms with Crippen LogP contribution in [0.4, 0.5) is 11.4 Å². The molecule has 1 saturated heterocycles. The van der Waals surface area contributed by atoms with Crippen molar-refractivity contribution in [3.05, 3.63) is 78.4 Å². The highest BCUT2D eigenvalue weighted by molar-refractivity contribution is 6.03. The Morgan fingerprint density at radius 1 is 0.903 bits per heavy atom. The van der Waals surface area contributed by atoms with Crippen molar-refractivity contribution in [3.63, 3.8) is 0 Å². The van der Waals surface area contributed by atoms with Gasteiger partial charge in [0.2, 0.25) is 11.8 Å². The van der Waals surface area contributed by atoms with Crippen molar-refractivity contribution < 1.29 is 19.1 Å². The van der Waals surface area contributed by atoms with E-state index in [1.807, 2.05) is 43.3 Å². The molecule has 6 nitrogen and oxygen atoms in total. The minimum absolute atomic E-state index is 0.0628. The topological polar surface area (TPSA) is 67.9 Å². The van der Waals surface area contributed by atoms with Crippen molar-refractivity contribution in [1.29, 1.82) is 0 Å². The van der Waals surface area contributed by atoms with Crippen molar-refractivity contribution in [1.82, 2.24) is 0 Å². The van der Waals surface area contributed by atoms with Gasteiger partial charge >= 0.3 is 0 Å². The number of methoxy groups -OCH3 is 1. The van der Waals surface area contributed by atoms with Gasteiger partial charge in [-0.15, -0.1) is 0 Å². The van der Waals surface area contributed by atoms with Crippen molar-refractivity contribution >= 4 is 23.2 Å². The molecule has 1 N–H and O–H groups in total. The van der Waals surface area contributed by atoms with Gasteiger partial charge in [-0.1, -0.05) is 17.7 Å². The molecule has 0 unspecified atom stereocenters. The molecule has 6 heteroatoms. The molecule has 1 aliphatic rings. The van der Waals surface area contributed by atoms with Gasteiger partial charge in [0.05, 0.1) is 13.0 Å². The summed E-state index contributed by atoms with van der Waals surface area (Å²) in [6.45, 7) is 2.38. The first kappa shape index (κ1) is 20.5. The van der Waals surface area contributed by atoms with E-state index < -0.39 is 5.92 Å². The number of amides is 2. The third-order valence-corrected chi connectivity index (χ3v) is 5.26. The lowest BCUT2D eigenvalue weighted by Gasteiger charge is -2.17. The Kier molecular flexibility index (Phi) is 5.89. The van der Waals surface area contributed by atoms with E-state index in [0.29, 0.717) is 18.0 Å². The fraction of sp³-hybridized carbons (Fsp3) is 0.200. The summed E-state index contributed by atoms with van der Waals surface area (Å²) in [5.74, 6) is 1.52. The largest absolute Gasteiger partial charge is 0.497 e. The number of ether oxygens (including phenoxy) is 2. The maximum atomic E-state index is 12.7. The summed E-state index contributed by atoms with van der Waals surface area (Å²) in [4.78, 5) is 26.8. The third-order valence-electron chi connectivity index (χ3n) is 5.26. The number of carbonyl (C=O) groups is 2. The maximum absolute atomic E-state index is 12.7. The Morgan fingerprint density at radius 3 is 2.10 bits per heavy atom. The van der Waals surface area contributed by atoms with Crippen LogP contribution in [-0.4, -0.2) is 25.5 Å². The Morgan fingerprint density at radius 2 is 1.48 bits per heavy atom. The van der Waals surface area contributed by atoms with E-state index in [4.69, 9.17) is 9.47 Å². The second-order valence-corrected chi connectivity index (χ2v) is 7.53. The number of hydrogen-bond donors (Lipinski definition) is 1. The fourth-order valence-corrected chi connectivity index (χ4v) is 3.49. The number of anilines is 2. The monoisotopic (exact) mass is 416 g/mol. The molecule has 1 atom stereocenters. The Balaban J connectivity index is 1.35. The second-order valence-electron chi connectivity index (χ2n) is 7.53. The highest BCUT2D eigenvalue weighted by Crippen LogP contribution is 2.28. The molecular weight excluding hydrogens is 392 g/mol. The molecule has 1 fully saturated rings. The van der Waals surface area contributed by atoms with Crippen LogP contribution in [0.5, 0.6) is 17.2 Å². The van der Waals surface area contributed by atoms with E-state index in [0.717, 1.165) is 17.2 Å². The molecule has 31 heavy (non-hydrogen) atoms. The molecule has 2 amide bonds. The molecule has 158 valence electrons. The molecule has 1 aliphatic heterocycles. The molecule has 3 aromatic rings. The van der Waals surface area contributed by atoms with Crippen LogP contribution >= 0.6 is 0 Å². The van der Waals surface area contributed by atoms with Crippen LogP contribution in [0.25, 0.3) is 0 Å². The first-order valence-electron chi connectivity index (χ1n) is 10.1. The van der Waals surface area contributed by atoms with Crippen molar-refractivity contribution in [2.24, 2.45) is 5.92 Å². The third kappa shape index (κ3) is 4.86. The summed E-state index contributed by atoms with van der Waals surface area (Å²) in [6.07, 6.45) is 0.187. The molecule has 0 aliphatic carbocycles. The Bertz CT molecular complexity index is 1060. The van der Waals surface area contributed by atoms with E-state index in [-0.39, 0.29) is 18.2 Å². The van der Waals surface area contributed by atoms with Gasteiger partial charge in [0.1, 0.15) is 17.2 Å². The van der Waals surface area contributed by atoms with Crippen molar-refractivity contribution in [2.75, 3.05) is 23.9 Å². The minimum Gasteiger partial charge on any atom is -0.497 e. The van der Waals surface area contributed by atoms with Gasteiger partial charge in [-0.05, 0) is 67.6 Å². The van der Waals surface area contributed by atoms with Gasteiger partial charge in [-0.25, -0.2) is 0 Å². The van der Waals surface area contributed by atoms with Gasteiger partial charge in [0.25, 0.3) is 0 Å². The number of nitrogens with zero attached hydrogens (tertiary/aromatic N) is 1. The quantitative estimate of drug-likeness (QED) is 0.628. The van der Waals surface area contributed by atoms with Gasteiger partial charge in [0.15, 0.2) is 0 Å². The van der Waals surface area contributed by atoms with Crippen LogP contribution in [0.1, 0.15) is 12.0 Å². The number of carbonyl (C=O) groups excluding carboxylic acids is 2. The van der Waals surface area contributed by atoms with Gasteiger partial charge < -0.3 is 19.7 Å².